The number of fused-ring (bicyclic) bond motifs is 1. The fourth-order valence-electron chi connectivity index (χ4n) is 2.54. The molecule has 1 aromatic rings. The molecule has 0 aliphatic carbocycles. The van der Waals surface area contributed by atoms with Gasteiger partial charge in [-0.15, -0.1) is 0 Å². The molecule has 0 bridgehead atoms. The molecule has 2 aliphatic rings. The zero-order valence-electron chi connectivity index (χ0n) is 12.0. The molecule has 0 fully saturated rings. The second-order valence-corrected chi connectivity index (χ2v) is 5.40. The fourth-order valence-corrected chi connectivity index (χ4v) is 2.90. The molecule has 1 N–H and O–H groups in total. The molecule has 9 heteroatoms. The number of nitrogens with one attached hydrogen (secondary N) is 1. The topological polar surface area (TPSA) is 36.3 Å². The number of aromatic nitrogens is 2. The van der Waals surface area contributed by atoms with Crippen molar-refractivity contribution in [1.29, 1.82) is 0 Å². The minimum atomic E-state index is -4.46. The Morgan fingerprint density at radius 3 is 2.41 bits per heavy atom. The molecule has 118 valence electrons. The predicted octanol–water partition coefficient (Wildman–Crippen LogP) is 2.81. The highest BCUT2D eigenvalue weighted by Gasteiger charge is 2.37. The van der Waals surface area contributed by atoms with Crippen molar-refractivity contribution in [1.82, 2.24) is 24.6 Å². The van der Waals surface area contributed by atoms with Crippen molar-refractivity contribution < 1.29 is 13.2 Å². The Hall–Kier alpha value is -2.09. The van der Waals surface area contributed by atoms with E-state index in [0.717, 1.165) is 22.1 Å². The minimum absolute atomic E-state index is 0.162. The van der Waals surface area contributed by atoms with Crippen molar-refractivity contribution in [3.63, 3.8) is 0 Å². The number of allylic oxidation sites excluding steroid dienone is 3. The third kappa shape index (κ3) is 2.14. The van der Waals surface area contributed by atoms with Gasteiger partial charge in [-0.05, 0) is 25.1 Å². The molecular formula is C13H13ClF3N5. The lowest BCUT2D eigenvalue weighted by molar-refractivity contribution is -0.143. The van der Waals surface area contributed by atoms with Gasteiger partial charge >= 0.3 is 6.18 Å². The summed E-state index contributed by atoms with van der Waals surface area (Å²) in [5.74, 6) is 0. The molecule has 5 nitrogen and oxygen atoms in total. The third-order valence-electron chi connectivity index (χ3n) is 3.53. The van der Waals surface area contributed by atoms with E-state index < -0.39 is 11.9 Å². The minimum Gasteiger partial charge on any atom is -0.301 e. The summed E-state index contributed by atoms with van der Waals surface area (Å²) < 4.78 is 40.8. The highest BCUT2D eigenvalue weighted by molar-refractivity contribution is 6.19. The van der Waals surface area contributed by atoms with Crippen LogP contribution >= 0.6 is 11.8 Å². The lowest BCUT2D eigenvalue weighted by Gasteiger charge is -2.25. The predicted molar refractivity (Wildman–Crippen MR) is 75.6 cm³/mol. The van der Waals surface area contributed by atoms with Crippen molar-refractivity contribution in [3.05, 3.63) is 46.7 Å². The van der Waals surface area contributed by atoms with E-state index in [2.05, 4.69) is 10.5 Å². The van der Waals surface area contributed by atoms with Crippen LogP contribution in [0.3, 0.4) is 0 Å². The van der Waals surface area contributed by atoms with E-state index >= 15 is 0 Å². The van der Waals surface area contributed by atoms with Gasteiger partial charge in [0.05, 0.1) is 17.1 Å². The number of hydrogen-bond acceptors (Lipinski definition) is 4. The summed E-state index contributed by atoms with van der Waals surface area (Å²) in [7, 11) is 3.08. The van der Waals surface area contributed by atoms with Crippen LogP contribution in [0, 0.1) is 0 Å². The van der Waals surface area contributed by atoms with Gasteiger partial charge in [-0.25, -0.2) is 4.42 Å². The van der Waals surface area contributed by atoms with Gasteiger partial charge in [0.2, 0.25) is 0 Å². The van der Waals surface area contributed by atoms with E-state index in [1.54, 1.807) is 17.2 Å². The number of hydrazine groups is 1. The van der Waals surface area contributed by atoms with Crippen LogP contribution in [0.4, 0.5) is 13.2 Å². The second kappa shape index (κ2) is 4.70. The largest absolute Gasteiger partial charge is 0.433 e. The van der Waals surface area contributed by atoms with Crippen LogP contribution in [-0.4, -0.2) is 26.3 Å². The van der Waals surface area contributed by atoms with E-state index in [9.17, 15) is 13.2 Å². The number of halogens is 4. The summed E-state index contributed by atoms with van der Waals surface area (Å²) in [5, 5.41) is 5.71. The zero-order valence-corrected chi connectivity index (χ0v) is 12.8. The maximum absolute atomic E-state index is 12.9. The quantitative estimate of drug-likeness (QED) is 0.803. The summed E-state index contributed by atoms with van der Waals surface area (Å²) in [6.45, 7) is 1.84. The summed E-state index contributed by atoms with van der Waals surface area (Å²) >= 11 is 6.32. The Kier molecular flexibility index (Phi) is 3.17. The van der Waals surface area contributed by atoms with Crippen LogP contribution in [0.15, 0.2) is 35.3 Å². The van der Waals surface area contributed by atoms with Crippen molar-refractivity contribution >= 4 is 17.5 Å². The normalized spacial score (nSPS) is 18.3. The number of likely N-dealkylation sites (N-methyl/N-ethyl adjacent to an activating group) is 1. The Morgan fingerprint density at radius 1 is 1.18 bits per heavy atom. The smallest absolute Gasteiger partial charge is 0.301 e. The average molecular weight is 332 g/mol. The summed E-state index contributed by atoms with van der Waals surface area (Å²) in [6, 6.07) is 0.988. The SMILES string of the molecule is CC1=C2C(=CC=C(c3cc(C(F)(F)F)n(C)n3)N2Cl)N(C)N1. The van der Waals surface area contributed by atoms with Gasteiger partial charge in [-0.3, -0.25) is 9.69 Å². The number of rotatable bonds is 1. The fraction of sp³-hybridized carbons (Fsp3) is 0.308. The zero-order chi connectivity index (χ0) is 16.2. The number of alkyl halides is 3. The molecule has 3 rings (SSSR count). The Labute approximate surface area is 130 Å². The molecule has 0 saturated carbocycles. The molecule has 0 atom stereocenters. The maximum Gasteiger partial charge on any atom is 0.433 e. The molecule has 3 heterocycles. The Balaban J connectivity index is 2.06. The molecule has 0 unspecified atom stereocenters. The molecular weight excluding hydrogens is 319 g/mol. The van der Waals surface area contributed by atoms with Crippen LogP contribution in [0.2, 0.25) is 0 Å². The van der Waals surface area contributed by atoms with Gasteiger partial charge < -0.3 is 5.43 Å². The van der Waals surface area contributed by atoms with Gasteiger partial charge in [0.25, 0.3) is 0 Å². The van der Waals surface area contributed by atoms with Crippen molar-refractivity contribution in [2.75, 3.05) is 7.05 Å². The van der Waals surface area contributed by atoms with Crippen molar-refractivity contribution in [3.8, 4) is 0 Å². The average Bonchev–Trinajstić information content (AvgIpc) is 2.91. The molecule has 0 amide bonds. The van der Waals surface area contributed by atoms with Gasteiger partial charge in [-0.1, -0.05) is 0 Å². The molecule has 1 aromatic heterocycles. The van der Waals surface area contributed by atoms with Gasteiger partial charge in [-0.2, -0.15) is 18.3 Å². The van der Waals surface area contributed by atoms with Gasteiger partial charge in [0.1, 0.15) is 17.1 Å². The standard InChI is InChI=1S/C13H13ClF3N5/c1-7-12-10(20(2)18-7)5-4-9(22(12)14)8-6-11(13(15,16)17)21(3)19-8/h4-6,18H,1-3H3. The summed E-state index contributed by atoms with van der Waals surface area (Å²) in [4.78, 5) is 0. The lowest BCUT2D eigenvalue weighted by Crippen LogP contribution is -2.26. The third-order valence-corrected chi connectivity index (χ3v) is 3.89. The first-order chi connectivity index (χ1) is 10.2. The molecule has 2 aliphatic heterocycles. The summed E-state index contributed by atoms with van der Waals surface area (Å²) in [5.41, 5.74) is 5.15. The molecule has 0 saturated heterocycles. The van der Waals surface area contributed by atoms with E-state index in [4.69, 9.17) is 11.8 Å². The van der Waals surface area contributed by atoms with Crippen LogP contribution in [-0.2, 0) is 13.2 Å². The highest BCUT2D eigenvalue weighted by atomic mass is 35.5. The number of nitrogens with zero attached hydrogens (tertiary/aromatic N) is 4. The first kappa shape index (κ1) is 14.8. The summed E-state index contributed by atoms with van der Waals surface area (Å²) in [6.07, 6.45) is -1.03. The number of aryl methyl sites for hydroxylation is 1. The molecule has 0 aromatic carbocycles. The van der Waals surface area contributed by atoms with Crippen molar-refractivity contribution in [2.45, 2.75) is 13.1 Å². The molecule has 22 heavy (non-hydrogen) atoms. The monoisotopic (exact) mass is 331 g/mol. The van der Waals surface area contributed by atoms with Crippen molar-refractivity contribution in [2.24, 2.45) is 7.05 Å². The number of hydrogen-bond donors (Lipinski definition) is 1. The van der Waals surface area contributed by atoms with E-state index in [0.29, 0.717) is 11.4 Å². The highest BCUT2D eigenvalue weighted by Crippen LogP contribution is 2.39. The van der Waals surface area contributed by atoms with Crippen LogP contribution in [0.1, 0.15) is 18.3 Å². The van der Waals surface area contributed by atoms with E-state index in [1.165, 1.54) is 11.5 Å². The lowest BCUT2D eigenvalue weighted by atomic mass is 10.1. The van der Waals surface area contributed by atoms with Crippen LogP contribution < -0.4 is 5.43 Å². The molecule has 0 radical (unpaired) electrons. The van der Waals surface area contributed by atoms with E-state index in [1.807, 2.05) is 14.0 Å². The van der Waals surface area contributed by atoms with E-state index in [-0.39, 0.29) is 5.69 Å². The first-order valence-electron chi connectivity index (χ1n) is 6.41. The van der Waals surface area contributed by atoms with Gasteiger partial charge in [0, 0.05) is 25.9 Å². The molecule has 0 spiro atoms. The first-order valence-corrected chi connectivity index (χ1v) is 6.75. The van der Waals surface area contributed by atoms with Gasteiger partial charge in [0.15, 0.2) is 0 Å². The maximum atomic E-state index is 12.9. The Bertz CT molecular complexity index is 729. The van der Waals surface area contributed by atoms with Crippen LogP contribution in [0.25, 0.3) is 5.70 Å². The Morgan fingerprint density at radius 2 is 1.82 bits per heavy atom. The second-order valence-electron chi connectivity index (χ2n) is 5.07. The van der Waals surface area contributed by atoms with Crippen LogP contribution in [0.5, 0.6) is 0 Å².